The zero-order valence-electron chi connectivity index (χ0n) is 6.97. The van der Waals surface area contributed by atoms with E-state index in [0.29, 0.717) is 5.88 Å². The highest BCUT2D eigenvalue weighted by Gasteiger charge is 2.17. The van der Waals surface area contributed by atoms with Gasteiger partial charge in [-0.05, 0) is 5.56 Å². The van der Waals surface area contributed by atoms with Crippen LogP contribution in [0.5, 0.6) is 0 Å². The van der Waals surface area contributed by atoms with Crippen molar-refractivity contribution in [1.82, 2.24) is 0 Å². The van der Waals surface area contributed by atoms with Crippen LogP contribution in [-0.2, 0) is 5.41 Å². The van der Waals surface area contributed by atoms with Gasteiger partial charge >= 0.3 is 23.1 Å². The fourth-order valence-electron chi connectivity index (χ4n) is 0.966. The van der Waals surface area contributed by atoms with Gasteiger partial charge in [-0.3, -0.25) is 0 Å². The maximum absolute atomic E-state index is 5.83. The van der Waals surface area contributed by atoms with Gasteiger partial charge in [0.2, 0.25) is 0 Å². The summed E-state index contributed by atoms with van der Waals surface area (Å²) in [5.74, 6) is 0.664. The van der Waals surface area contributed by atoms with E-state index in [9.17, 15) is 0 Å². The van der Waals surface area contributed by atoms with Gasteiger partial charge in [-0.1, -0.05) is 44.2 Å². The lowest BCUT2D eigenvalue weighted by Crippen LogP contribution is -2.18. The van der Waals surface area contributed by atoms with Gasteiger partial charge in [0.1, 0.15) is 0 Å². The molecule has 0 atom stereocenters. The quantitative estimate of drug-likeness (QED) is 0.501. The molecule has 1 aromatic carbocycles. The van der Waals surface area contributed by atoms with E-state index in [4.69, 9.17) is 11.6 Å². The zero-order chi connectivity index (χ0) is 8.32. The molecule has 0 bridgehead atoms. The molecule has 0 aromatic heterocycles. The molecule has 1 rings (SSSR count). The van der Waals surface area contributed by atoms with Crippen LogP contribution >= 0.6 is 11.6 Å². The van der Waals surface area contributed by atoms with E-state index in [2.05, 4.69) is 26.0 Å². The number of hydrogen-bond donors (Lipinski definition) is 0. The van der Waals surface area contributed by atoms with Gasteiger partial charge in [-0.15, -0.1) is 11.6 Å². The van der Waals surface area contributed by atoms with Gasteiger partial charge in [0.15, 0.2) is 0 Å². The van der Waals surface area contributed by atoms with Crippen molar-refractivity contribution < 1.29 is 0 Å². The largest absolute Gasteiger partial charge is 0.316 e. The highest BCUT2D eigenvalue weighted by Crippen LogP contribution is 2.23. The minimum atomic E-state index is 0. The van der Waals surface area contributed by atoms with Crippen LogP contribution in [0.4, 0.5) is 0 Å². The second kappa shape index (κ2) is 5.10. The molecule has 0 nitrogen and oxygen atoms in total. The summed E-state index contributed by atoms with van der Waals surface area (Å²) in [6, 6.07) is 10.3. The van der Waals surface area contributed by atoms with Crippen LogP contribution in [0.2, 0.25) is 0 Å². The first-order chi connectivity index (χ1) is 5.17. The van der Waals surface area contributed by atoms with Gasteiger partial charge in [0, 0.05) is 11.3 Å². The second-order valence-corrected chi connectivity index (χ2v) is 3.65. The Morgan fingerprint density at radius 2 is 1.67 bits per heavy atom. The summed E-state index contributed by atoms with van der Waals surface area (Å²) in [5.41, 5.74) is 1.40. The summed E-state index contributed by atoms with van der Waals surface area (Å²) < 4.78 is 0. The van der Waals surface area contributed by atoms with E-state index in [1.807, 2.05) is 18.2 Å². The molecular weight excluding hydrogens is 180 g/mol. The summed E-state index contributed by atoms with van der Waals surface area (Å²) in [4.78, 5) is 0. The lowest BCUT2D eigenvalue weighted by molar-refractivity contribution is 0.598. The highest BCUT2D eigenvalue weighted by atomic mass is 35.5. The summed E-state index contributed by atoms with van der Waals surface area (Å²) >= 11 is 5.83. The van der Waals surface area contributed by atoms with Crippen LogP contribution in [0, 0.1) is 0 Å². The summed E-state index contributed by atoms with van der Waals surface area (Å²) in [6.07, 6.45) is 0. The van der Waals surface area contributed by atoms with Crippen molar-refractivity contribution in [2.45, 2.75) is 19.3 Å². The molecule has 1 aromatic rings. The van der Waals surface area contributed by atoms with Crippen molar-refractivity contribution in [1.29, 1.82) is 0 Å². The first kappa shape index (κ1) is 12.3. The molecule has 2 heteroatoms. The van der Waals surface area contributed by atoms with E-state index >= 15 is 0 Å². The van der Waals surface area contributed by atoms with Crippen molar-refractivity contribution in [3.05, 3.63) is 35.9 Å². The Hall–Kier alpha value is 0.276. The Morgan fingerprint density at radius 1 is 1.17 bits per heavy atom. The zero-order valence-corrected chi connectivity index (χ0v) is 7.73. The molecule has 0 unspecified atom stereocenters. The Labute approximate surface area is 95.5 Å². The van der Waals surface area contributed by atoms with Gasteiger partial charge in [0.05, 0.1) is 0 Å². The summed E-state index contributed by atoms with van der Waals surface area (Å²) in [7, 11) is 0. The minimum Gasteiger partial charge on any atom is -0.126 e. The number of hydrogen-bond acceptors (Lipinski definition) is 0. The maximum Gasteiger partial charge on any atom is 0.316 e. The molecule has 0 amide bonds. The number of alkyl halides is 1. The average molecular weight is 195 g/mol. The van der Waals surface area contributed by atoms with Crippen molar-refractivity contribution >= 4 is 34.7 Å². The van der Waals surface area contributed by atoms with Crippen LogP contribution in [0.3, 0.4) is 0 Å². The molecule has 0 saturated carbocycles. The van der Waals surface area contributed by atoms with E-state index in [1.165, 1.54) is 5.56 Å². The molecule has 64 valence electrons. The third kappa shape index (κ3) is 2.96. The molecular formula is C10H15ClMg. The Bertz CT molecular complexity index is 219. The van der Waals surface area contributed by atoms with E-state index in [1.54, 1.807) is 0 Å². The first-order valence-corrected chi connectivity index (χ1v) is 4.32. The summed E-state index contributed by atoms with van der Waals surface area (Å²) in [6.45, 7) is 4.30. The van der Waals surface area contributed by atoms with Crippen molar-refractivity contribution in [2.75, 3.05) is 5.88 Å². The van der Waals surface area contributed by atoms with Gasteiger partial charge < -0.3 is 0 Å². The van der Waals surface area contributed by atoms with Crippen molar-refractivity contribution in [3.8, 4) is 0 Å². The Morgan fingerprint density at radius 3 is 2.08 bits per heavy atom. The fraction of sp³-hybridized carbons (Fsp3) is 0.400. The van der Waals surface area contributed by atoms with E-state index in [-0.39, 0.29) is 28.5 Å². The molecule has 0 heterocycles. The molecule has 12 heavy (non-hydrogen) atoms. The maximum atomic E-state index is 5.83. The minimum absolute atomic E-state index is 0. The number of rotatable bonds is 2. The highest BCUT2D eigenvalue weighted by molar-refractivity contribution is 6.18. The van der Waals surface area contributed by atoms with Crippen LogP contribution in [0.1, 0.15) is 19.4 Å². The van der Waals surface area contributed by atoms with Crippen molar-refractivity contribution in [3.63, 3.8) is 0 Å². The lowest BCUT2D eigenvalue weighted by atomic mass is 9.87. The molecule has 0 spiro atoms. The first-order valence-electron chi connectivity index (χ1n) is 3.78. The monoisotopic (exact) mass is 194 g/mol. The molecule has 0 aliphatic carbocycles. The van der Waals surface area contributed by atoms with Crippen LogP contribution in [0.15, 0.2) is 30.3 Å². The molecule has 0 fully saturated rings. The molecule has 0 aliphatic rings. The lowest BCUT2D eigenvalue weighted by Gasteiger charge is -2.21. The number of benzene rings is 1. The topological polar surface area (TPSA) is 0 Å². The average Bonchev–Trinajstić information content (AvgIpc) is 2.06. The van der Waals surface area contributed by atoms with Gasteiger partial charge in [-0.2, -0.15) is 0 Å². The SMILES string of the molecule is CC(C)(CCl)c1ccccc1.[MgH2]. The molecule has 0 N–H and O–H groups in total. The predicted octanol–water partition coefficient (Wildman–Crippen LogP) is 2.29. The molecule has 0 saturated heterocycles. The summed E-state index contributed by atoms with van der Waals surface area (Å²) in [5, 5.41) is 0. The third-order valence-corrected chi connectivity index (χ3v) is 2.56. The van der Waals surface area contributed by atoms with Gasteiger partial charge in [-0.25, -0.2) is 0 Å². The standard InChI is InChI=1S/C10H13Cl.Mg.2H/c1-10(2,8-11)9-6-4-3-5-7-9;;;/h3-7H,8H2,1-2H3;;;. The second-order valence-electron chi connectivity index (χ2n) is 3.38. The molecule has 0 radical (unpaired) electrons. The normalized spacial score (nSPS) is 10.6. The van der Waals surface area contributed by atoms with Crippen LogP contribution in [0.25, 0.3) is 0 Å². The smallest absolute Gasteiger partial charge is 0.126 e. The van der Waals surface area contributed by atoms with E-state index < -0.39 is 0 Å². The molecule has 0 aliphatic heterocycles. The van der Waals surface area contributed by atoms with Crippen molar-refractivity contribution in [2.24, 2.45) is 0 Å². The Balaban J connectivity index is 0.00000121. The van der Waals surface area contributed by atoms with E-state index in [0.717, 1.165) is 0 Å². The van der Waals surface area contributed by atoms with Crippen LogP contribution < -0.4 is 0 Å². The number of halogens is 1. The van der Waals surface area contributed by atoms with Gasteiger partial charge in [0.25, 0.3) is 0 Å². The fourth-order valence-corrected chi connectivity index (χ4v) is 1.12. The van der Waals surface area contributed by atoms with Crippen LogP contribution in [-0.4, -0.2) is 28.9 Å². The third-order valence-electron chi connectivity index (χ3n) is 1.89. The Kier molecular flexibility index (Phi) is 5.22. The predicted molar refractivity (Wildman–Crippen MR) is 58.7 cm³/mol.